The van der Waals surface area contributed by atoms with Crippen LogP contribution < -0.4 is 5.56 Å². The van der Waals surface area contributed by atoms with E-state index >= 15 is 0 Å². The summed E-state index contributed by atoms with van der Waals surface area (Å²) in [5.41, 5.74) is -0.311. The van der Waals surface area contributed by atoms with Crippen LogP contribution in [0, 0.1) is 3.57 Å². The van der Waals surface area contributed by atoms with Crippen LogP contribution in [0.3, 0.4) is 0 Å². The number of rotatable bonds is 2. The quantitative estimate of drug-likeness (QED) is 0.774. The van der Waals surface area contributed by atoms with Crippen LogP contribution in [-0.4, -0.2) is 24.6 Å². The smallest absolute Gasteiger partial charge is 0.264 e. The van der Waals surface area contributed by atoms with Crippen molar-refractivity contribution in [1.82, 2.24) is 9.97 Å². The first-order valence-electron chi connectivity index (χ1n) is 3.30. The van der Waals surface area contributed by atoms with Gasteiger partial charge < -0.3 is 4.98 Å². The number of sulfone groups is 1. The summed E-state index contributed by atoms with van der Waals surface area (Å²) >= 11 is 1.82. The highest BCUT2D eigenvalue weighted by Crippen LogP contribution is 1.97. The highest BCUT2D eigenvalue weighted by molar-refractivity contribution is 14.1. The fourth-order valence-corrected chi connectivity index (χ4v) is 1.66. The largest absolute Gasteiger partial charge is 0.309 e. The third-order valence-electron chi connectivity index (χ3n) is 1.21. The molecule has 0 unspecified atom stereocenters. The Morgan fingerprint density at radius 3 is 2.69 bits per heavy atom. The summed E-state index contributed by atoms with van der Waals surface area (Å²) in [6.07, 6.45) is 2.44. The van der Waals surface area contributed by atoms with E-state index in [1.54, 1.807) is 0 Å². The summed E-state index contributed by atoms with van der Waals surface area (Å²) in [7, 11) is -3.14. The normalized spacial score (nSPS) is 11.5. The van der Waals surface area contributed by atoms with E-state index in [0.29, 0.717) is 3.57 Å². The Kier molecular flexibility index (Phi) is 3.06. The zero-order chi connectivity index (χ0) is 10.1. The molecule has 0 amide bonds. The third kappa shape index (κ3) is 3.43. The van der Waals surface area contributed by atoms with Crippen molar-refractivity contribution >= 4 is 32.4 Å². The van der Waals surface area contributed by atoms with Gasteiger partial charge in [-0.3, -0.25) is 4.79 Å². The van der Waals surface area contributed by atoms with Gasteiger partial charge in [-0.05, 0) is 22.6 Å². The van der Waals surface area contributed by atoms with Crippen LogP contribution in [0.4, 0.5) is 0 Å². The summed E-state index contributed by atoms with van der Waals surface area (Å²) < 4.78 is 22.1. The van der Waals surface area contributed by atoms with E-state index < -0.39 is 9.84 Å². The Morgan fingerprint density at radius 2 is 2.23 bits per heavy atom. The second-order valence-corrected chi connectivity index (χ2v) is 5.88. The molecule has 0 aliphatic carbocycles. The van der Waals surface area contributed by atoms with E-state index in [4.69, 9.17) is 0 Å². The summed E-state index contributed by atoms with van der Waals surface area (Å²) in [6.45, 7) is 0. The lowest BCUT2D eigenvalue weighted by molar-refractivity contribution is 0.599. The van der Waals surface area contributed by atoms with Crippen molar-refractivity contribution < 1.29 is 8.42 Å². The van der Waals surface area contributed by atoms with Gasteiger partial charge in [0.2, 0.25) is 0 Å². The van der Waals surface area contributed by atoms with Gasteiger partial charge in [-0.25, -0.2) is 13.4 Å². The number of nitrogens with zero attached hydrogens (tertiary/aromatic N) is 1. The van der Waals surface area contributed by atoms with Crippen molar-refractivity contribution in [2.24, 2.45) is 0 Å². The van der Waals surface area contributed by atoms with Gasteiger partial charge in [0.1, 0.15) is 11.6 Å². The van der Waals surface area contributed by atoms with Crippen molar-refractivity contribution in [1.29, 1.82) is 0 Å². The number of aromatic amines is 1. The van der Waals surface area contributed by atoms with E-state index in [1.165, 1.54) is 6.20 Å². The molecular weight excluding hydrogens is 307 g/mol. The molecular formula is C6H7IN2O3S. The van der Waals surface area contributed by atoms with E-state index in [1.807, 2.05) is 22.6 Å². The molecule has 0 saturated carbocycles. The number of hydrogen-bond acceptors (Lipinski definition) is 4. The van der Waals surface area contributed by atoms with Crippen LogP contribution in [0.25, 0.3) is 0 Å². The standard InChI is InChI=1S/C6H7IN2O3S/c1-13(11,12)3-5-8-2-4(7)6(10)9-5/h2H,3H2,1H3,(H,8,9,10). The molecule has 0 radical (unpaired) electrons. The van der Waals surface area contributed by atoms with Gasteiger partial charge in [-0.15, -0.1) is 0 Å². The lowest BCUT2D eigenvalue weighted by Gasteiger charge is -1.97. The monoisotopic (exact) mass is 314 g/mol. The maximum absolute atomic E-state index is 11.0. The van der Waals surface area contributed by atoms with Crippen molar-refractivity contribution in [2.45, 2.75) is 5.75 Å². The van der Waals surface area contributed by atoms with Crippen LogP contribution in [0.1, 0.15) is 5.82 Å². The molecule has 0 fully saturated rings. The summed E-state index contributed by atoms with van der Waals surface area (Å²) in [4.78, 5) is 17.2. The molecule has 0 aliphatic rings. The zero-order valence-electron chi connectivity index (χ0n) is 6.74. The maximum atomic E-state index is 11.0. The van der Waals surface area contributed by atoms with E-state index in [-0.39, 0.29) is 17.1 Å². The van der Waals surface area contributed by atoms with Gasteiger partial charge in [0.05, 0.1) is 3.57 Å². The molecule has 0 bridgehead atoms. The average Bonchev–Trinajstić information content (AvgIpc) is 1.94. The Morgan fingerprint density at radius 1 is 1.62 bits per heavy atom. The van der Waals surface area contributed by atoms with Gasteiger partial charge in [0.15, 0.2) is 9.84 Å². The van der Waals surface area contributed by atoms with Gasteiger partial charge >= 0.3 is 0 Å². The topological polar surface area (TPSA) is 79.9 Å². The fraction of sp³-hybridized carbons (Fsp3) is 0.333. The second kappa shape index (κ2) is 3.74. The Balaban J connectivity index is 3.06. The molecule has 1 N–H and O–H groups in total. The molecule has 0 aromatic carbocycles. The first-order chi connectivity index (χ1) is 5.88. The molecule has 72 valence electrons. The van der Waals surface area contributed by atoms with Crippen molar-refractivity contribution in [3.8, 4) is 0 Å². The minimum atomic E-state index is -3.14. The molecule has 0 aliphatic heterocycles. The number of aromatic nitrogens is 2. The van der Waals surface area contributed by atoms with Crippen molar-refractivity contribution in [2.75, 3.05) is 6.26 Å². The Bertz CT molecular complexity index is 465. The van der Waals surface area contributed by atoms with E-state index in [9.17, 15) is 13.2 Å². The van der Waals surface area contributed by atoms with Gasteiger partial charge in [-0.2, -0.15) is 0 Å². The van der Waals surface area contributed by atoms with Gasteiger partial charge in [0, 0.05) is 12.5 Å². The van der Waals surface area contributed by atoms with Crippen molar-refractivity contribution in [3.63, 3.8) is 0 Å². The Hall–Kier alpha value is -0.440. The van der Waals surface area contributed by atoms with Crippen LogP contribution in [0.15, 0.2) is 11.0 Å². The molecule has 13 heavy (non-hydrogen) atoms. The Labute approximate surface area is 88.6 Å². The lowest BCUT2D eigenvalue weighted by atomic mass is 10.6. The molecule has 5 nitrogen and oxygen atoms in total. The van der Waals surface area contributed by atoms with Gasteiger partial charge in [0.25, 0.3) is 5.56 Å². The number of nitrogens with one attached hydrogen (secondary N) is 1. The third-order valence-corrected chi connectivity index (χ3v) is 2.77. The van der Waals surface area contributed by atoms with Gasteiger partial charge in [-0.1, -0.05) is 0 Å². The summed E-state index contributed by atoms with van der Waals surface area (Å²) in [6, 6.07) is 0. The predicted octanol–water partition coefficient (Wildman–Crippen LogP) is -0.0809. The number of halogens is 1. The first-order valence-corrected chi connectivity index (χ1v) is 6.44. The fourth-order valence-electron chi connectivity index (χ4n) is 0.738. The molecule has 1 aromatic heterocycles. The highest BCUT2D eigenvalue weighted by atomic mass is 127. The molecule has 0 spiro atoms. The molecule has 1 aromatic rings. The molecule has 0 atom stereocenters. The summed E-state index contributed by atoms with van der Waals surface area (Å²) in [5, 5.41) is 0. The molecule has 7 heteroatoms. The predicted molar refractivity (Wildman–Crippen MR) is 56.1 cm³/mol. The minimum Gasteiger partial charge on any atom is -0.309 e. The molecule has 1 rings (SSSR count). The molecule has 0 saturated heterocycles. The second-order valence-electron chi connectivity index (χ2n) is 2.58. The minimum absolute atomic E-state index is 0.174. The first kappa shape index (κ1) is 10.6. The maximum Gasteiger partial charge on any atom is 0.264 e. The highest BCUT2D eigenvalue weighted by Gasteiger charge is 2.07. The lowest BCUT2D eigenvalue weighted by Crippen LogP contribution is -2.16. The average molecular weight is 314 g/mol. The summed E-state index contributed by atoms with van der Waals surface area (Å²) in [5.74, 6) is -0.0629. The SMILES string of the molecule is CS(=O)(=O)Cc1ncc(I)c(=O)[nH]1. The van der Waals surface area contributed by atoms with E-state index in [2.05, 4.69) is 9.97 Å². The van der Waals surface area contributed by atoms with Crippen molar-refractivity contribution in [3.05, 3.63) is 25.9 Å². The number of H-pyrrole nitrogens is 1. The number of hydrogen-bond donors (Lipinski definition) is 1. The van der Waals surface area contributed by atoms with Crippen LogP contribution in [0.2, 0.25) is 0 Å². The zero-order valence-corrected chi connectivity index (χ0v) is 9.72. The van der Waals surface area contributed by atoms with Crippen LogP contribution in [-0.2, 0) is 15.6 Å². The van der Waals surface area contributed by atoms with E-state index in [0.717, 1.165) is 6.26 Å². The van der Waals surface area contributed by atoms with Crippen LogP contribution >= 0.6 is 22.6 Å². The molecule has 1 heterocycles. The van der Waals surface area contributed by atoms with Crippen LogP contribution in [0.5, 0.6) is 0 Å².